The van der Waals surface area contributed by atoms with Crippen LogP contribution in [-0.2, 0) is 9.53 Å². The van der Waals surface area contributed by atoms with E-state index in [9.17, 15) is 19.8 Å². The number of rotatable bonds is 4. The molecule has 0 heterocycles. The Morgan fingerprint density at radius 2 is 1.62 bits per heavy atom. The maximum absolute atomic E-state index is 12.5. The number of aliphatic hydroxyl groups excluding tert-OH is 1. The monoisotopic (exact) mass is 548 g/mol. The molecule has 9 atom stereocenters. The zero-order valence-electron chi connectivity index (χ0n) is 25.0. The van der Waals surface area contributed by atoms with Crippen LogP contribution in [0.1, 0.15) is 101 Å². The standard InChI is InChI=1S/C35H48O5/c1-32(2)27(21-8-10-22(11-9-21)30(37)40-5)19-23(20-36)34(4)28(32)15-17-33(3)25-14-18-35(31(38)39)16-6-7-26(35)24(25)12-13-29(33)34/h8-11,19,23-26,28-29,36H,6-7,12-18,20H2,1-5H3,(H,38,39)/t23?,24-,25?,26+,28?,29?,33-,34-,35-/m0/s1. The van der Waals surface area contributed by atoms with Crippen molar-refractivity contribution in [1.82, 2.24) is 0 Å². The zero-order valence-corrected chi connectivity index (χ0v) is 25.0. The molecule has 0 amide bonds. The van der Waals surface area contributed by atoms with Crippen molar-refractivity contribution in [2.75, 3.05) is 13.7 Å². The maximum atomic E-state index is 12.5. The highest BCUT2D eigenvalue weighted by Crippen LogP contribution is 2.74. The average molecular weight is 549 g/mol. The highest BCUT2D eigenvalue weighted by atomic mass is 16.5. The molecule has 0 aromatic heterocycles. The zero-order chi connectivity index (χ0) is 28.7. The van der Waals surface area contributed by atoms with Gasteiger partial charge in [-0.2, -0.15) is 0 Å². The Hall–Kier alpha value is -2.14. The molecule has 5 heteroatoms. The number of methoxy groups -OCH3 is 1. The van der Waals surface area contributed by atoms with E-state index in [2.05, 4.69) is 33.8 Å². The topological polar surface area (TPSA) is 83.8 Å². The number of ether oxygens (including phenoxy) is 1. The lowest BCUT2D eigenvalue weighted by atomic mass is 9.35. The molecule has 5 aliphatic rings. The second-order valence-corrected chi connectivity index (χ2v) is 15.0. The second-order valence-electron chi connectivity index (χ2n) is 15.0. The average Bonchev–Trinajstić information content (AvgIpc) is 3.39. The molecule has 5 aliphatic carbocycles. The number of benzene rings is 1. The molecule has 4 unspecified atom stereocenters. The summed E-state index contributed by atoms with van der Waals surface area (Å²) in [6.45, 7) is 9.94. The largest absolute Gasteiger partial charge is 0.481 e. The second kappa shape index (κ2) is 9.44. The van der Waals surface area contributed by atoms with Crippen molar-refractivity contribution in [3.05, 3.63) is 41.5 Å². The first-order valence-corrected chi connectivity index (χ1v) is 15.7. The maximum Gasteiger partial charge on any atom is 0.337 e. The summed E-state index contributed by atoms with van der Waals surface area (Å²) in [5.41, 5.74) is 2.54. The molecule has 5 nitrogen and oxygen atoms in total. The summed E-state index contributed by atoms with van der Waals surface area (Å²) in [5, 5.41) is 21.3. The van der Waals surface area contributed by atoms with Crippen molar-refractivity contribution < 1.29 is 24.5 Å². The van der Waals surface area contributed by atoms with Gasteiger partial charge in [0.05, 0.1) is 18.1 Å². The van der Waals surface area contributed by atoms with E-state index < -0.39 is 11.4 Å². The molecule has 0 radical (unpaired) electrons. The summed E-state index contributed by atoms with van der Waals surface area (Å²) in [6, 6.07) is 7.77. The van der Waals surface area contributed by atoms with Crippen molar-refractivity contribution in [3.63, 3.8) is 0 Å². The number of fused-ring (bicyclic) bond motifs is 7. The molecular weight excluding hydrogens is 500 g/mol. The number of carboxylic acid groups (broad SMARTS) is 1. The fourth-order valence-electron chi connectivity index (χ4n) is 11.9. The summed E-state index contributed by atoms with van der Waals surface area (Å²) in [5.74, 6) is 1.58. The molecular formula is C35H48O5. The lowest BCUT2D eigenvalue weighted by molar-refractivity contribution is -0.200. The molecule has 0 aliphatic heterocycles. The van der Waals surface area contributed by atoms with Crippen LogP contribution in [0.4, 0.5) is 0 Å². The quantitative estimate of drug-likeness (QED) is 0.388. The minimum absolute atomic E-state index is 0.0251. The number of aliphatic hydroxyl groups is 1. The van der Waals surface area contributed by atoms with Crippen LogP contribution in [0, 0.1) is 57.2 Å². The Morgan fingerprint density at radius 1 is 0.900 bits per heavy atom. The molecule has 0 saturated heterocycles. The fraction of sp³-hybridized carbons (Fsp3) is 0.714. The van der Waals surface area contributed by atoms with Crippen molar-refractivity contribution in [2.45, 2.75) is 85.5 Å². The van der Waals surface area contributed by atoms with E-state index in [0.717, 1.165) is 56.9 Å². The minimum atomic E-state index is -0.539. The minimum Gasteiger partial charge on any atom is -0.481 e. The number of carbonyl (C=O) groups excluding carboxylic acids is 1. The van der Waals surface area contributed by atoms with Crippen LogP contribution >= 0.6 is 0 Å². The van der Waals surface area contributed by atoms with Gasteiger partial charge < -0.3 is 14.9 Å². The van der Waals surface area contributed by atoms with Gasteiger partial charge in [0.15, 0.2) is 0 Å². The predicted octanol–water partition coefficient (Wildman–Crippen LogP) is 7.23. The summed E-state index contributed by atoms with van der Waals surface area (Å²) < 4.78 is 4.90. The number of hydrogen-bond acceptors (Lipinski definition) is 4. The molecule has 4 saturated carbocycles. The van der Waals surface area contributed by atoms with E-state index >= 15 is 0 Å². The SMILES string of the molecule is COC(=O)c1ccc(C2=CC(CO)[C@@]3(C)C(CC[C@@]4(C)C5CC[C@@]6(C(=O)O)CCC[C@@H]6[C@H]5CCC43)C2(C)C)cc1. The summed E-state index contributed by atoms with van der Waals surface area (Å²) in [7, 11) is 1.41. The lowest BCUT2D eigenvalue weighted by Gasteiger charge is -2.69. The molecule has 40 heavy (non-hydrogen) atoms. The first-order chi connectivity index (χ1) is 18.9. The number of hydrogen-bond donors (Lipinski definition) is 2. The molecule has 1 aromatic rings. The van der Waals surface area contributed by atoms with Gasteiger partial charge >= 0.3 is 11.9 Å². The third-order valence-electron chi connectivity index (χ3n) is 13.7. The van der Waals surface area contributed by atoms with Crippen molar-refractivity contribution >= 4 is 17.5 Å². The van der Waals surface area contributed by atoms with Gasteiger partial charge in [0.25, 0.3) is 0 Å². The Balaban J connectivity index is 1.36. The van der Waals surface area contributed by atoms with E-state index in [-0.39, 0.29) is 34.7 Å². The van der Waals surface area contributed by atoms with E-state index in [1.807, 2.05) is 24.3 Å². The van der Waals surface area contributed by atoms with Gasteiger partial charge in [0, 0.05) is 12.5 Å². The van der Waals surface area contributed by atoms with Gasteiger partial charge in [0.1, 0.15) is 0 Å². The summed E-state index contributed by atoms with van der Waals surface area (Å²) in [4.78, 5) is 24.6. The first kappa shape index (κ1) is 28.0. The molecule has 0 spiro atoms. The van der Waals surface area contributed by atoms with E-state index in [4.69, 9.17) is 4.74 Å². The number of esters is 1. The Bertz CT molecular complexity index is 1210. The number of allylic oxidation sites excluding steroid dienone is 1. The van der Waals surface area contributed by atoms with Crippen molar-refractivity contribution in [1.29, 1.82) is 0 Å². The van der Waals surface area contributed by atoms with Crippen molar-refractivity contribution in [3.8, 4) is 0 Å². The highest BCUT2D eigenvalue weighted by molar-refractivity contribution is 5.90. The van der Waals surface area contributed by atoms with E-state index in [1.54, 1.807) is 0 Å². The van der Waals surface area contributed by atoms with E-state index in [1.165, 1.54) is 19.1 Å². The molecule has 1 aromatic carbocycles. The highest BCUT2D eigenvalue weighted by Gasteiger charge is 2.68. The summed E-state index contributed by atoms with van der Waals surface area (Å²) in [6.07, 6.45) is 11.9. The van der Waals surface area contributed by atoms with Gasteiger partial charge in [-0.1, -0.05) is 52.3 Å². The molecule has 0 bridgehead atoms. The third kappa shape index (κ3) is 3.61. The van der Waals surface area contributed by atoms with Crippen LogP contribution in [0.2, 0.25) is 0 Å². The first-order valence-electron chi connectivity index (χ1n) is 15.7. The van der Waals surface area contributed by atoms with Gasteiger partial charge in [-0.05, 0) is 120 Å². The van der Waals surface area contributed by atoms with Gasteiger partial charge in [-0.25, -0.2) is 4.79 Å². The fourth-order valence-corrected chi connectivity index (χ4v) is 11.9. The van der Waals surface area contributed by atoms with Gasteiger partial charge in [-0.3, -0.25) is 4.79 Å². The summed E-state index contributed by atoms with van der Waals surface area (Å²) >= 11 is 0. The van der Waals surface area contributed by atoms with Crippen LogP contribution < -0.4 is 0 Å². The van der Waals surface area contributed by atoms with Crippen LogP contribution in [0.3, 0.4) is 0 Å². The molecule has 2 N–H and O–H groups in total. The van der Waals surface area contributed by atoms with Crippen LogP contribution in [0.15, 0.2) is 30.3 Å². The number of aliphatic carboxylic acids is 1. The number of carbonyl (C=O) groups is 2. The normalized spacial score (nSPS) is 43.4. The Kier molecular flexibility index (Phi) is 6.61. The Morgan fingerprint density at radius 3 is 2.27 bits per heavy atom. The van der Waals surface area contributed by atoms with Crippen molar-refractivity contribution in [2.24, 2.45) is 57.2 Å². The lowest BCUT2D eigenvalue weighted by Crippen LogP contribution is -2.63. The molecule has 4 fully saturated rings. The van der Waals surface area contributed by atoms with Gasteiger partial charge in [0.2, 0.25) is 0 Å². The number of carboxylic acids is 1. The van der Waals surface area contributed by atoms with Gasteiger partial charge in [-0.15, -0.1) is 0 Å². The predicted molar refractivity (Wildman–Crippen MR) is 155 cm³/mol. The van der Waals surface area contributed by atoms with Crippen LogP contribution in [0.25, 0.3) is 5.57 Å². The van der Waals surface area contributed by atoms with Crippen LogP contribution in [-0.4, -0.2) is 35.9 Å². The smallest absolute Gasteiger partial charge is 0.337 e. The molecule has 6 rings (SSSR count). The Labute approximate surface area is 239 Å². The van der Waals surface area contributed by atoms with E-state index in [0.29, 0.717) is 35.2 Å². The molecule has 218 valence electrons. The van der Waals surface area contributed by atoms with Crippen LogP contribution in [0.5, 0.6) is 0 Å². The third-order valence-corrected chi connectivity index (χ3v) is 13.7.